The maximum atomic E-state index is 13.0. The highest BCUT2D eigenvalue weighted by molar-refractivity contribution is 7.99. The van der Waals surface area contributed by atoms with E-state index >= 15 is 0 Å². The average Bonchev–Trinajstić information content (AvgIpc) is 3.17. The Balaban J connectivity index is 1.70. The first kappa shape index (κ1) is 20.3. The first-order valence-corrected chi connectivity index (χ1v) is 10.4. The van der Waals surface area contributed by atoms with E-state index in [4.69, 9.17) is 4.74 Å². The van der Waals surface area contributed by atoms with Crippen LogP contribution in [0.3, 0.4) is 0 Å². The van der Waals surface area contributed by atoms with Crippen LogP contribution in [0.2, 0.25) is 0 Å². The SMILES string of the molecule is COc1ccc(NC(=O)C2CSCN2C(=O)c2ccc(C(C)(C)C)cc2)cc1. The number of carbonyl (C=O) groups is 2. The number of nitrogens with one attached hydrogen (secondary N) is 1. The Hall–Kier alpha value is -2.47. The third-order valence-electron chi connectivity index (χ3n) is 4.80. The van der Waals surface area contributed by atoms with Gasteiger partial charge in [-0.1, -0.05) is 32.9 Å². The van der Waals surface area contributed by atoms with E-state index < -0.39 is 6.04 Å². The van der Waals surface area contributed by atoms with Gasteiger partial charge in [0, 0.05) is 17.0 Å². The third-order valence-corrected chi connectivity index (χ3v) is 5.81. The molecule has 0 spiro atoms. The summed E-state index contributed by atoms with van der Waals surface area (Å²) in [4.78, 5) is 27.4. The van der Waals surface area contributed by atoms with E-state index in [1.807, 2.05) is 24.3 Å². The van der Waals surface area contributed by atoms with Gasteiger partial charge < -0.3 is 15.0 Å². The van der Waals surface area contributed by atoms with E-state index in [1.54, 1.807) is 48.0 Å². The van der Waals surface area contributed by atoms with E-state index in [0.717, 1.165) is 5.75 Å². The fourth-order valence-electron chi connectivity index (χ4n) is 3.04. The van der Waals surface area contributed by atoms with Crippen LogP contribution < -0.4 is 10.1 Å². The highest BCUT2D eigenvalue weighted by atomic mass is 32.2. The largest absolute Gasteiger partial charge is 0.497 e. The van der Waals surface area contributed by atoms with Gasteiger partial charge in [0.25, 0.3) is 5.91 Å². The van der Waals surface area contributed by atoms with Crippen LogP contribution in [0.15, 0.2) is 48.5 Å². The van der Waals surface area contributed by atoms with Crippen LogP contribution >= 0.6 is 11.8 Å². The molecule has 148 valence electrons. The minimum atomic E-state index is -0.484. The first-order chi connectivity index (χ1) is 13.3. The number of hydrogen-bond acceptors (Lipinski definition) is 4. The van der Waals surface area contributed by atoms with Crippen molar-refractivity contribution >= 4 is 29.3 Å². The Morgan fingerprint density at radius 3 is 2.29 bits per heavy atom. The Labute approximate surface area is 170 Å². The van der Waals surface area contributed by atoms with E-state index in [0.29, 0.717) is 22.9 Å². The summed E-state index contributed by atoms with van der Waals surface area (Å²) in [5.41, 5.74) is 2.50. The highest BCUT2D eigenvalue weighted by Crippen LogP contribution is 2.26. The van der Waals surface area contributed by atoms with Crippen LogP contribution in [0.1, 0.15) is 36.7 Å². The summed E-state index contributed by atoms with van der Waals surface area (Å²) < 4.78 is 5.13. The fraction of sp³-hybridized carbons (Fsp3) is 0.364. The molecule has 0 aliphatic carbocycles. The topological polar surface area (TPSA) is 58.6 Å². The minimum absolute atomic E-state index is 0.0336. The molecular weight excluding hydrogens is 372 g/mol. The smallest absolute Gasteiger partial charge is 0.255 e. The molecule has 0 aromatic heterocycles. The summed E-state index contributed by atoms with van der Waals surface area (Å²) in [6.07, 6.45) is 0. The molecule has 1 N–H and O–H groups in total. The fourth-order valence-corrected chi connectivity index (χ4v) is 4.19. The predicted octanol–water partition coefficient (Wildman–Crippen LogP) is 4.15. The molecule has 1 atom stereocenters. The maximum absolute atomic E-state index is 13.0. The van der Waals surface area contributed by atoms with Gasteiger partial charge in [-0.2, -0.15) is 0 Å². The molecule has 0 bridgehead atoms. The lowest BCUT2D eigenvalue weighted by Crippen LogP contribution is -2.44. The maximum Gasteiger partial charge on any atom is 0.255 e. The van der Waals surface area contributed by atoms with Crippen molar-refractivity contribution in [3.8, 4) is 5.75 Å². The van der Waals surface area contributed by atoms with Crippen molar-refractivity contribution in [2.75, 3.05) is 24.1 Å². The number of benzene rings is 2. The third kappa shape index (κ3) is 4.50. The zero-order valence-electron chi connectivity index (χ0n) is 16.7. The van der Waals surface area contributed by atoms with Crippen molar-refractivity contribution in [3.63, 3.8) is 0 Å². The monoisotopic (exact) mass is 398 g/mol. The molecule has 2 aromatic carbocycles. The van der Waals surface area contributed by atoms with Gasteiger partial charge in [0.05, 0.1) is 13.0 Å². The van der Waals surface area contributed by atoms with E-state index in [1.165, 1.54) is 5.56 Å². The number of hydrogen-bond donors (Lipinski definition) is 1. The van der Waals surface area contributed by atoms with Crippen LogP contribution in [0.5, 0.6) is 5.75 Å². The molecule has 5 nitrogen and oxygen atoms in total. The Bertz CT molecular complexity index is 842. The molecule has 0 saturated carbocycles. The van der Waals surface area contributed by atoms with E-state index in [2.05, 4.69) is 26.1 Å². The molecular formula is C22H26N2O3S. The van der Waals surface area contributed by atoms with Gasteiger partial charge in [-0.15, -0.1) is 11.8 Å². The number of rotatable bonds is 4. The second kappa shape index (κ2) is 8.27. The molecule has 0 radical (unpaired) electrons. The van der Waals surface area contributed by atoms with E-state index in [-0.39, 0.29) is 17.2 Å². The Morgan fingerprint density at radius 2 is 1.71 bits per heavy atom. The zero-order valence-corrected chi connectivity index (χ0v) is 17.5. The summed E-state index contributed by atoms with van der Waals surface area (Å²) in [6.45, 7) is 6.42. The minimum Gasteiger partial charge on any atom is -0.497 e. The number of amides is 2. The molecule has 1 fully saturated rings. The van der Waals surface area contributed by atoms with Crippen molar-refractivity contribution in [1.82, 2.24) is 4.90 Å². The lowest BCUT2D eigenvalue weighted by molar-refractivity contribution is -0.119. The number of carbonyl (C=O) groups excluding carboxylic acids is 2. The normalized spacial score (nSPS) is 16.7. The van der Waals surface area contributed by atoms with Crippen molar-refractivity contribution in [1.29, 1.82) is 0 Å². The molecule has 1 aliphatic rings. The zero-order chi connectivity index (χ0) is 20.3. The predicted molar refractivity (Wildman–Crippen MR) is 114 cm³/mol. The number of anilines is 1. The molecule has 1 saturated heterocycles. The lowest BCUT2D eigenvalue weighted by atomic mass is 9.86. The van der Waals surface area contributed by atoms with Crippen LogP contribution in [0.4, 0.5) is 5.69 Å². The molecule has 1 aliphatic heterocycles. The van der Waals surface area contributed by atoms with Crippen LogP contribution in [0.25, 0.3) is 0 Å². The lowest BCUT2D eigenvalue weighted by Gasteiger charge is -2.24. The van der Waals surface area contributed by atoms with Gasteiger partial charge in [0.1, 0.15) is 11.8 Å². The molecule has 2 aromatic rings. The number of nitrogens with zero attached hydrogens (tertiary/aromatic N) is 1. The molecule has 1 heterocycles. The van der Waals surface area contributed by atoms with Gasteiger partial charge in [-0.3, -0.25) is 9.59 Å². The van der Waals surface area contributed by atoms with Gasteiger partial charge in [-0.05, 0) is 47.4 Å². The quantitative estimate of drug-likeness (QED) is 0.841. The summed E-state index contributed by atoms with van der Waals surface area (Å²) in [5, 5.41) is 2.90. The molecule has 6 heteroatoms. The number of methoxy groups -OCH3 is 1. The van der Waals surface area contributed by atoms with Crippen LogP contribution in [-0.4, -0.2) is 41.5 Å². The molecule has 2 amide bonds. The van der Waals surface area contributed by atoms with Crippen molar-refractivity contribution in [3.05, 3.63) is 59.7 Å². The number of thioether (sulfide) groups is 1. The van der Waals surface area contributed by atoms with E-state index in [9.17, 15) is 9.59 Å². The molecule has 1 unspecified atom stereocenters. The average molecular weight is 399 g/mol. The Kier molecular flexibility index (Phi) is 5.98. The molecule has 3 rings (SSSR count). The van der Waals surface area contributed by atoms with Crippen LogP contribution in [0, 0.1) is 0 Å². The van der Waals surface area contributed by atoms with Crippen molar-refractivity contribution in [2.45, 2.75) is 32.2 Å². The van der Waals surface area contributed by atoms with Gasteiger partial charge in [0.15, 0.2) is 0 Å². The second-order valence-electron chi connectivity index (χ2n) is 7.84. The first-order valence-electron chi connectivity index (χ1n) is 9.24. The highest BCUT2D eigenvalue weighted by Gasteiger charge is 2.35. The standard InChI is InChI=1S/C22H26N2O3S/c1-22(2,3)16-7-5-15(6-8-16)21(26)24-14-28-13-19(24)20(25)23-17-9-11-18(27-4)12-10-17/h5-12,19H,13-14H2,1-4H3,(H,23,25). The summed E-state index contributed by atoms with van der Waals surface area (Å²) >= 11 is 1.59. The molecule has 28 heavy (non-hydrogen) atoms. The number of ether oxygens (including phenoxy) is 1. The Morgan fingerprint density at radius 1 is 1.07 bits per heavy atom. The van der Waals surface area contributed by atoms with Crippen molar-refractivity contribution in [2.24, 2.45) is 0 Å². The summed E-state index contributed by atoms with van der Waals surface area (Å²) in [6, 6.07) is 14.4. The van der Waals surface area contributed by atoms with Gasteiger partial charge in [-0.25, -0.2) is 0 Å². The second-order valence-corrected chi connectivity index (χ2v) is 8.84. The van der Waals surface area contributed by atoms with Gasteiger partial charge in [0.2, 0.25) is 5.91 Å². The summed E-state index contributed by atoms with van der Waals surface area (Å²) in [5.74, 6) is 1.55. The van der Waals surface area contributed by atoms with Gasteiger partial charge >= 0.3 is 0 Å². The van der Waals surface area contributed by atoms with Crippen LogP contribution in [-0.2, 0) is 10.2 Å². The van der Waals surface area contributed by atoms with Crippen molar-refractivity contribution < 1.29 is 14.3 Å². The summed E-state index contributed by atoms with van der Waals surface area (Å²) in [7, 11) is 1.60.